The summed E-state index contributed by atoms with van der Waals surface area (Å²) in [6, 6.07) is 8.37. The lowest BCUT2D eigenvalue weighted by Gasteiger charge is -2.27. The van der Waals surface area contributed by atoms with Crippen LogP contribution >= 0.6 is 0 Å². The van der Waals surface area contributed by atoms with Crippen molar-refractivity contribution in [3.05, 3.63) is 35.4 Å². The fourth-order valence-corrected chi connectivity index (χ4v) is 2.27. The molecule has 104 valence electrons. The van der Waals surface area contributed by atoms with Gasteiger partial charge in [-0.25, -0.2) is 0 Å². The zero-order valence-electron chi connectivity index (χ0n) is 11.7. The molecule has 1 aliphatic carbocycles. The summed E-state index contributed by atoms with van der Waals surface area (Å²) in [6.45, 7) is 6.42. The molecule has 2 rings (SSSR count). The smallest absolute Gasteiger partial charge is 0.170 e. The summed E-state index contributed by atoms with van der Waals surface area (Å²) in [7, 11) is 0. The second kappa shape index (κ2) is 6.06. The lowest BCUT2D eigenvalue weighted by Crippen LogP contribution is -2.33. The first kappa shape index (κ1) is 13.9. The Balaban J connectivity index is 2.15. The Labute approximate surface area is 114 Å². The molecule has 1 fully saturated rings. The first-order valence-corrected chi connectivity index (χ1v) is 6.91. The molecule has 0 bridgehead atoms. The quantitative estimate of drug-likeness (QED) is 0.358. The summed E-state index contributed by atoms with van der Waals surface area (Å²) in [5.41, 5.74) is 7.69. The van der Waals surface area contributed by atoms with Gasteiger partial charge in [-0.2, -0.15) is 0 Å². The van der Waals surface area contributed by atoms with Crippen molar-refractivity contribution >= 4 is 5.84 Å². The van der Waals surface area contributed by atoms with Crippen LogP contribution in [0.15, 0.2) is 29.4 Å². The van der Waals surface area contributed by atoms with Crippen LogP contribution in [0, 0.1) is 5.92 Å². The Morgan fingerprint density at radius 3 is 2.68 bits per heavy atom. The van der Waals surface area contributed by atoms with E-state index in [4.69, 9.17) is 10.9 Å². The second-order valence-electron chi connectivity index (χ2n) is 5.61. The van der Waals surface area contributed by atoms with Gasteiger partial charge in [-0.1, -0.05) is 29.4 Å². The second-order valence-corrected chi connectivity index (χ2v) is 5.61. The Bertz CT molecular complexity index is 452. The first-order valence-electron chi connectivity index (χ1n) is 6.91. The molecule has 0 unspecified atom stereocenters. The van der Waals surface area contributed by atoms with E-state index in [1.54, 1.807) is 0 Å². The van der Waals surface area contributed by atoms with E-state index in [-0.39, 0.29) is 5.84 Å². The van der Waals surface area contributed by atoms with Crippen LogP contribution in [0.4, 0.5) is 0 Å². The van der Waals surface area contributed by atoms with Gasteiger partial charge in [0.25, 0.3) is 0 Å². The van der Waals surface area contributed by atoms with Gasteiger partial charge in [-0.3, -0.25) is 4.90 Å². The van der Waals surface area contributed by atoms with Gasteiger partial charge in [-0.05, 0) is 38.2 Å². The van der Waals surface area contributed by atoms with Gasteiger partial charge in [0.2, 0.25) is 0 Å². The fourth-order valence-electron chi connectivity index (χ4n) is 2.27. The number of amidine groups is 1. The van der Waals surface area contributed by atoms with E-state index in [0.29, 0.717) is 6.04 Å². The molecule has 0 radical (unpaired) electrons. The van der Waals surface area contributed by atoms with E-state index in [0.717, 1.165) is 30.1 Å². The van der Waals surface area contributed by atoms with Crippen LogP contribution in [0.1, 0.15) is 37.8 Å². The van der Waals surface area contributed by atoms with E-state index in [1.165, 1.54) is 12.8 Å². The molecule has 3 N–H and O–H groups in total. The third-order valence-electron chi connectivity index (χ3n) is 3.69. The largest absolute Gasteiger partial charge is 0.409 e. The predicted molar refractivity (Wildman–Crippen MR) is 77.2 cm³/mol. The highest BCUT2D eigenvalue weighted by molar-refractivity contribution is 5.98. The van der Waals surface area contributed by atoms with E-state index in [2.05, 4.69) is 30.0 Å². The number of benzene rings is 1. The molecule has 0 aliphatic heterocycles. The molecule has 4 heteroatoms. The van der Waals surface area contributed by atoms with Gasteiger partial charge >= 0.3 is 0 Å². The Kier molecular flexibility index (Phi) is 4.43. The van der Waals surface area contributed by atoms with Crippen LogP contribution in [-0.2, 0) is 6.54 Å². The normalized spacial score (nSPS) is 16.3. The van der Waals surface area contributed by atoms with Gasteiger partial charge in [0, 0.05) is 24.7 Å². The standard InChI is InChI=1S/C15H23N3O/c1-11(2)18(9-12-7-8-12)10-13-5-3-4-6-14(13)15(16)17-19/h3-6,11-12,19H,7-10H2,1-2H3,(H2,16,17). The first-order chi connectivity index (χ1) is 9.11. The highest BCUT2D eigenvalue weighted by Crippen LogP contribution is 2.31. The van der Waals surface area contributed by atoms with Gasteiger partial charge in [0.05, 0.1) is 0 Å². The number of rotatable bonds is 6. The van der Waals surface area contributed by atoms with Crippen molar-refractivity contribution in [2.24, 2.45) is 16.8 Å². The van der Waals surface area contributed by atoms with Crippen molar-refractivity contribution in [2.75, 3.05) is 6.54 Å². The number of hydrogen-bond acceptors (Lipinski definition) is 3. The third-order valence-corrected chi connectivity index (χ3v) is 3.69. The summed E-state index contributed by atoms with van der Waals surface area (Å²) in [4.78, 5) is 2.46. The summed E-state index contributed by atoms with van der Waals surface area (Å²) in [5.74, 6) is 1.05. The zero-order valence-corrected chi connectivity index (χ0v) is 11.7. The van der Waals surface area contributed by atoms with Crippen molar-refractivity contribution < 1.29 is 5.21 Å². The lowest BCUT2D eigenvalue weighted by atomic mass is 10.1. The maximum absolute atomic E-state index is 8.86. The van der Waals surface area contributed by atoms with Crippen LogP contribution in [0.2, 0.25) is 0 Å². The maximum atomic E-state index is 8.86. The number of nitrogens with two attached hydrogens (primary N) is 1. The van der Waals surface area contributed by atoms with Crippen molar-refractivity contribution in [3.63, 3.8) is 0 Å². The molecular formula is C15H23N3O. The van der Waals surface area contributed by atoms with Gasteiger partial charge in [0.1, 0.15) is 0 Å². The van der Waals surface area contributed by atoms with Gasteiger partial charge in [-0.15, -0.1) is 0 Å². The molecule has 19 heavy (non-hydrogen) atoms. The molecule has 1 aromatic carbocycles. The summed E-state index contributed by atoms with van der Waals surface area (Å²) < 4.78 is 0. The average molecular weight is 261 g/mol. The van der Waals surface area contributed by atoms with Gasteiger partial charge in [0.15, 0.2) is 5.84 Å². The number of oxime groups is 1. The molecule has 0 heterocycles. The van der Waals surface area contributed by atoms with Crippen molar-refractivity contribution in [1.29, 1.82) is 0 Å². The molecule has 0 spiro atoms. The average Bonchev–Trinajstić information content (AvgIpc) is 3.21. The Morgan fingerprint density at radius 1 is 1.42 bits per heavy atom. The Morgan fingerprint density at radius 2 is 2.11 bits per heavy atom. The van der Waals surface area contributed by atoms with Crippen molar-refractivity contribution in [3.8, 4) is 0 Å². The van der Waals surface area contributed by atoms with Crippen LogP contribution in [0.3, 0.4) is 0 Å². The summed E-state index contributed by atoms with van der Waals surface area (Å²) >= 11 is 0. The van der Waals surface area contributed by atoms with Crippen LogP contribution < -0.4 is 5.73 Å². The molecule has 1 aliphatic rings. The van der Waals surface area contributed by atoms with Crippen LogP contribution in [0.5, 0.6) is 0 Å². The highest BCUT2D eigenvalue weighted by atomic mass is 16.4. The third kappa shape index (κ3) is 3.70. The minimum Gasteiger partial charge on any atom is -0.409 e. The van der Waals surface area contributed by atoms with Crippen molar-refractivity contribution in [2.45, 2.75) is 39.3 Å². The zero-order chi connectivity index (χ0) is 13.8. The molecule has 4 nitrogen and oxygen atoms in total. The van der Waals surface area contributed by atoms with E-state index < -0.39 is 0 Å². The monoisotopic (exact) mass is 261 g/mol. The molecule has 0 saturated heterocycles. The minimum absolute atomic E-state index is 0.186. The number of hydrogen-bond donors (Lipinski definition) is 2. The summed E-state index contributed by atoms with van der Waals surface area (Å²) in [5, 5.41) is 12.0. The predicted octanol–water partition coefficient (Wildman–Crippen LogP) is 2.40. The topological polar surface area (TPSA) is 61.8 Å². The molecule has 0 aromatic heterocycles. The van der Waals surface area contributed by atoms with E-state index in [9.17, 15) is 0 Å². The lowest BCUT2D eigenvalue weighted by molar-refractivity contribution is 0.203. The molecule has 1 saturated carbocycles. The number of nitrogens with zero attached hydrogens (tertiary/aromatic N) is 2. The van der Waals surface area contributed by atoms with E-state index in [1.807, 2.05) is 18.2 Å². The Hall–Kier alpha value is -1.55. The van der Waals surface area contributed by atoms with Crippen LogP contribution in [0.25, 0.3) is 0 Å². The van der Waals surface area contributed by atoms with Crippen LogP contribution in [-0.4, -0.2) is 28.5 Å². The highest BCUT2D eigenvalue weighted by Gasteiger charge is 2.25. The molecule has 1 aromatic rings. The molecular weight excluding hydrogens is 238 g/mol. The SMILES string of the molecule is CC(C)N(Cc1ccccc1C(N)=NO)CC1CC1. The van der Waals surface area contributed by atoms with Gasteiger partial charge < -0.3 is 10.9 Å². The molecule has 0 amide bonds. The molecule has 0 atom stereocenters. The maximum Gasteiger partial charge on any atom is 0.170 e. The fraction of sp³-hybridized carbons (Fsp3) is 0.533. The van der Waals surface area contributed by atoms with Crippen molar-refractivity contribution in [1.82, 2.24) is 4.90 Å². The minimum atomic E-state index is 0.186. The summed E-state index contributed by atoms with van der Waals surface area (Å²) in [6.07, 6.45) is 2.70. The van der Waals surface area contributed by atoms with E-state index >= 15 is 0 Å².